The number of halogens is 1. The molecule has 0 aromatic heterocycles. The van der Waals surface area contributed by atoms with E-state index in [0.29, 0.717) is 23.8 Å². The zero-order valence-corrected chi connectivity index (χ0v) is 17.5. The minimum absolute atomic E-state index is 0.0270. The lowest BCUT2D eigenvalue weighted by Crippen LogP contribution is -2.42. The van der Waals surface area contributed by atoms with Gasteiger partial charge >= 0.3 is 0 Å². The molecule has 0 spiro atoms. The summed E-state index contributed by atoms with van der Waals surface area (Å²) in [5.74, 6) is 0.0147. The van der Waals surface area contributed by atoms with Crippen LogP contribution in [0.5, 0.6) is 5.75 Å². The number of carbonyl (C=O) groups excluding carboxylic acids is 1. The largest absolute Gasteiger partial charge is 0.495 e. The van der Waals surface area contributed by atoms with E-state index in [1.807, 2.05) is 0 Å². The molecule has 1 fully saturated rings. The Kier molecular flexibility index (Phi) is 6.15. The second-order valence-electron chi connectivity index (χ2n) is 6.73. The third kappa shape index (κ3) is 4.25. The molecule has 1 saturated heterocycles. The van der Waals surface area contributed by atoms with Gasteiger partial charge in [0, 0.05) is 18.1 Å². The van der Waals surface area contributed by atoms with Crippen LogP contribution in [0, 0.1) is 6.92 Å². The van der Waals surface area contributed by atoms with E-state index in [1.54, 1.807) is 54.3 Å². The van der Waals surface area contributed by atoms with Crippen LogP contribution in [0.4, 0.5) is 5.69 Å². The molecule has 2 aromatic rings. The van der Waals surface area contributed by atoms with Crippen LogP contribution in [0.3, 0.4) is 0 Å². The molecular weight excluding hydrogens is 400 g/mol. The maximum Gasteiger partial charge on any atom is 0.268 e. The van der Waals surface area contributed by atoms with Crippen molar-refractivity contribution in [2.24, 2.45) is 0 Å². The Morgan fingerprint density at radius 1 is 1.14 bits per heavy atom. The lowest BCUT2D eigenvalue weighted by Gasteiger charge is -2.27. The normalized spacial score (nSPS) is 14.2. The van der Waals surface area contributed by atoms with E-state index in [0.717, 1.165) is 22.7 Å². The van der Waals surface area contributed by atoms with Crippen LogP contribution < -0.4 is 9.04 Å². The van der Waals surface area contributed by atoms with E-state index in [1.165, 1.54) is 7.11 Å². The maximum absolute atomic E-state index is 13.5. The molecule has 0 saturated carbocycles. The van der Waals surface area contributed by atoms with Crippen molar-refractivity contribution in [3.05, 3.63) is 53.1 Å². The number of nitrogens with zero attached hydrogens (tertiary/aromatic N) is 2. The standard InChI is InChI=1S/C20H23ClN2O4S/c1-15-5-10-18(27-2)19(13-15)28(25,26)23(17-8-6-16(21)7-9-17)14-20(24)22-11-3-4-12-22/h5-10,13H,3-4,11-12,14H2,1-2H3. The van der Waals surface area contributed by atoms with Crippen molar-refractivity contribution in [2.75, 3.05) is 31.0 Å². The Morgan fingerprint density at radius 2 is 1.79 bits per heavy atom. The molecule has 1 amide bonds. The van der Waals surface area contributed by atoms with Crippen molar-refractivity contribution in [3.8, 4) is 5.75 Å². The number of hydrogen-bond donors (Lipinski definition) is 0. The van der Waals surface area contributed by atoms with Gasteiger partial charge < -0.3 is 9.64 Å². The average molecular weight is 423 g/mol. The number of sulfonamides is 1. The fourth-order valence-electron chi connectivity index (χ4n) is 3.22. The SMILES string of the molecule is COc1ccc(C)cc1S(=O)(=O)N(CC(=O)N1CCCC1)c1ccc(Cl)cc1. The topological polar surface area (TPSA) is 66.9 Å². The minimum atomic E-state index is -4.04. The molecule has 0 unspecified atom stereocenters. The Hall–Kier alpha value is -2.25. The van der Waals surface area contributed by atoms with Crippen LogP contribution in [-0.4, -0.2) is 46.0 Å². The number of carbonyl (C=O) groups is 1. The van der Waals surface area contributed by atoms with Gasteiger partial charge in [0.1, 0.15) is 17.2 Å². The highest BCUT2D eigenvalue weighted by atomic mass is 35.5. The second kappa shape index (κ2) is 8.41. The number of hydrogen-bond acceptors (Lipinski definition) is 4. The van der Waals surface area contributed by atoms with Crippen molar-refractivity contribution >= 4 is 33.2 Å². The number of rotatable bonds is 6. The molecule has 150 valence electrons. The number of anilines is 1. The van der Waals surface area contributed by atoms with Crippen LogP contribution in [0.2, 0.25) is 5.02 Å². The second-order valence-corrected chi connectivity index (χ2v) is 9.00. The van der Waals surface area contributed by atoms with Gasteiger partial charge in [-0.25, -0.2) is 8.42 Å². The lowest BCUT2D eigenvalue weighted by atomic mass is 10.2. The molecule has 0 bridgehead atoms. The van der Waals surface area contributed by atoms with Crippen LogP contribution in [-0.2, 0) is 14.8 Å². The van der Waals surface area contributed by atoms with Gasteiger partial charge in [-0.15, -0.1) is 0 Å². The number of benzene rings is 2. The van der Waals surface area contributed by atoms with Gasteiger partial charge in [0.05, 0.1) is 12.8 Å². The molecular formula is C20H23ClN2O4S. The molecule has 1 heterocycles. The zero-order chi connectivity index (χ0) is 20.3. The monoisotopic (exact) mass is 422 g/mol. The van der Waals surface area contributed by atoms with Crippen molar-refractivity contribution < 1.29 is 17.9 Å². The molecule has 3 rings (SSSR count). The summed E-state index contributed by atoms with van der Waals surface area (Å²) in [4.78, 5) is 14.5. The predicted molar refractivity (Wildman–Crippen MR) is 110 cm³/mol. The molecule has 6 nitrogen and oxygen atoms in total. The molecule has 8 heteroatoms. The quantitative estimate of drug-likeness (QED) is 0.714. The summed E-state index contributed by atoms with van der Waals surface area (Å²) >= 11 is 5.96. The number of likely N-dealkylation sites (tertiary alicyclic amines) is 1. The molecule has 2 aromatic carbocycles. The van der Waals surface area contributed by atoms with E-state index in [9.17, 15) is 13.2 Å². The van der Waals surface area contributed by atoms with Crippen molar-refractivity contribution in [1.29, 1.82) is 0 Å². The maximum atomic E-state index is 13.5. The first-order chi connectivity index (χ1) is 13.3. The minimum Gasteiger partial charge on any atom is -0.495 e. The smallest absolute Gasteiger partial charge is 0.268 e. The molecule has 1 aliphatic heterocycles. The Bertz CT molecular complexity index is 955. The van der Waals surface area contributed by atoms with Gasteiger partial charge in [-0.05, 0) is 61.7 Å². The van der Waals surface area contributed by atoms with Crippen LogP contribution in [0.15, 0.2) is 47.4 Å². The highest BCUT2D eigenvalue weighted by molar-refractivity contribution is 7.93. The summed E-state index contributed by atoms with van der Waals surface area (Å²) < 4.78 is 33.5. The fraction of sp³-hybridized carbons (Fsp3) is 0.350. The number of ether oxygens (including phenoxy) is 1. The Labute approximate surface area is 170 Å². The van der Waals surface area contributed by atoms with E-state index >= 15 is 0 Å². The average Bonchev–Trinajstić information content (AvgIpc) is 3.21. The Balaban J connectivity index is 2.05. The van der Waals surface area contributed by atoms with E-state index in [-0.39, 0.29) is 23.1 Å². The van der Waals surface area contributed by atoms with Gasteiger partial charge in [0.25, 0.3) is 10.0 Å². The van der Waals surface area contributed by atoms with E-state index in [2.05, 4.69) is 0 Å². The number of amides is 1. The van der Waals surface area contributed by atoms with Gasteiger partial charge in [-0.2, -0.15) is 0 Å². The number of methoxy groups -OCH3 is 1. The first kappa shape index (κ1) is 20.5. The van der Waals surface area contributed by atoms with E-state index < -0.39 is 10.0 Å². The van der Waals surface area contributed by atoms with E-state index in [4.69, 9.17) is 16.3 Å². The first-order valence-electron chi connectivity index (χ1n) is 9.03. The van der Waals surface area contributed by atoms with Crippen LogP contribution in [0.25, 0.3) is 0 Å². The Morgan fingerprint density at radius 3 is 2.39 bits per heavy atom. The predicted octanol–water partition coefficient (Wildman–Crippen LogP) is 3.47. The summed E-state index contributed by atoms with van der Waals surface area (Å²) in [6.45, 7) is 2.84. The van der Waals surface area contributed by atoms with Crippen molar-refractivity contribution in [3.63, 3.8) is 0 Å². The molecule has 1 aliphatic rings. The third-order valence-electron chi connectivity index (χ3n) is 4.74. The first-order valence-corrected chi connectivity index (χ1v) is 10.9. The van der Waals surface area contributed by atoms with Gasteiger partial charge in [-0.1, -0.05) is 17.7 Å². The molecule has 28 heavy (non-hydrogen) atoms. The van der Waals surface area contributed by atoms with Gasteiger partial charge in [0.15, 0.2) is 0 Å². The summed E-state index contributed by atoms with van der Waals surface area (Å²) in [7, 11) is -2.62. The van der Waals surface area contributed by atoms with Gasteiger partial charge in [0.2, 0.25) is 5.91 Å². The summed E-state index contributed by atoms with van der Waals surface area (Å²) in [6.07, 6.45) is 1.87. The number of aryl methyl sites for hydroxylation is 1. The summed E-state index contributed by atoms with van der Waals surface area (Å²) in [5.41, 5.74) is 1.15. The molecule has 0 radical (unpaired) electrons. The van der Waals surface area contributed by atoms with Crippen LogP contribution in [0.1, 0.15) is 18.4 Å². The molecule has 0 N–H and O–H groups in total. The van der Waals surface area contributed by atoms with Crippen LogP contribution >= 0.6 is 11.6 Å². The fourth-order valence-corrected chi connectivity index (χ4v) is 5.00. The third-order valence-corrected chi connectivity index (χ3v) is 6.79. The van der Waals surface area contributed by atoms with Crippen molar-refractivity contribution in [2.45, 2.75) is 24.7 Å². The summed E-state index contributed by atoms with van der Waals surface area (Å²) in [6, 6.07) is 11.3. The zero-order valence-electron chi connectivity index (χ0n) is 15.9. The van der Waals surface area contributed by atoms with Crippen molar-refractivity contribution in [1.82, 2.24) is 4.90 Å². The summed E-state index contributed by atoms with van der Waals surface area (Å²) in [5, 5.41) is 0.486. The highest BCUT2D eigenvalue weighted by Gasteiger charge is 2.32. The lowest BCUT2D eigenvalue weighted by molar-refractivity contribution is -0.128. The van der Waals surface area contributed by atoms with Gasteiger partial charge in [-0.3, -0.25) is 9.10 Å². The molecule has 0 atom stereocenters. The molecule has 0 aliphatic carbocycles. The highest BCUT2D eigenvalue weighted by Crippen LogP contribution is 2.31.